The van der Waals surface area contributed by atoms with Gasteiger partial charge in [-0.1, -0.05) is 0 Å². The van der Waals surface area contributed by atoms with Crippen molar-refractivity contribution in [1.82, 2.24) is 23.9 Å². The Balaban J connectivity index is 1.72. The maximum Gasteiger partial charge on any atom is 0.246 e. The largest absolute Gasteiger partial charge is 0.323 e. The Bertz CT molecular complexity index is 885. The first-order valence-corrected chi connectivity index (χ1v) is 9.51. The van der Waals surface area contributed by atoms with Gasteiger partial charge in [0.25, 0.3) is 0 Å². The second kappa shape index (κ2) is 6.60. The van der Waals surface area contributed by atoms with Crippen LogP contribution in [0, 0.1) is 12.8 Å². The number of aryl methyl sites for hydroxylation is 2. The summed E-state index contributed by atoms with van der Waals surface area (Å²) in [6.45, 7) is 2.44. The summed E-state index contributed by atoms with van der Waals surface area (Å²) in [6, 6.07) is 0. The summed E-state index contributed by atoms with van der Waals surface area (Å²) >= 11 is 0. The van der Waals surface area contributed by atoms with E-state index in [1.54, 1.807) is 25.0 Å². The number of carbonyl (C=O) groups excluding carboxylic acids is 1. The summed E-state index contributed by atoms with van der Waals surface area (Å²) in [7, 11) is -0.163. The molecule has 0 unspecified atom stereocenters. The molecule has 136 valence electrons. The number of aromatic nitrogens is 4. The van der Waals surface area contributed by atoms with E-state index in [0.717, 1.165) is 5.69 Å². The molecule has 25 heavy (non-hydrogen) atoms. The van der Waals surface area contributed by atoms with E-state index >= 15 is 0 Å². The average Bonchev–Trinajstić information content (AvgIpc) is 3.16. The molecule has 2 aromatic heterocycles. The molecule has 2 aromatic rings. The number of nitrogens with one attached hydrogen (secondary N) is 1. The molecule has 0 aliphatic carbocycles. The molecule has 10 heteroatoms. The highest BCUT2D eigenvalue weighted by atomic mass is 32.2. The number of nitrogens with zero attached hydrogens (tertiary/aromatic N) is 5. The lowest BCUT2D eigenvalue weighted by Gasteiger charge is -2.30. The fourth-order valence-electron chi connectivity index (χ4n) is 2.91. The number of hydrogen-bond donors (Lipinski definition) is 1. The van der Waals surface area contributed by atoms with Crippen LogP contribution in [0.5, 0.6) is 0 Å². The predicted octanol–water partition coefficient (Wildman–Crippen LogP) is 0.501. The van der Waals surface area contributed by atoms with Crippen molar-refractivity contribution in [2.45, 2.75) is 24.7 Å². The lowest BCUT2D eigenvalue weighted by Crippen LogP contribution is -2.43. The Hall–Kier alpha value is -2.20. The van der Waals surface area contributed by atoms with E-state index in [1.807, 2.05) is 6.92 Å². The third-order valence-electron chi connectivity index (χ3n) is 4.57. The molecular weight excluding hydrogens is 344 g/mol. The van der Waals surface area contributed by atoms with Crippen molar-refractivity contribution in [2.24, 2.45) is 20.0 Å². The Labute approximate surface area is 146 Å². The molecule has 1 N–H and O–H groups in total. The van der Waals surface area contributed by atoms with Crippen molar-refractivity contribution in [1.29, 1.82) is 0 Å². The highest BCUT2D eigenvalue weighted by molar-refractivity contribution is 7.89. The van der Waals surface area contributed by atoms with E-state index < -0.39 is 10.0 Å². The molecule has 1 fully saturated rings. The Morgan fingerprint density at radius 1 is 1.28 bits per heavy atom. The van der Waals surface area contributed by atoms with Gasteiger partial charge in [0.1, 0.15) is 4.90 Å². The van der Waals surface area contributed by atoms with Crippen LogP contribution in [0.4, 0.5) is 5.69 Å². The molecule has 0 radical (unpaired) electrons. The van der Waals surface area contributed by atoms with Gasteiger partial charge in [-0.25, -0.2) is 8.42 Å². The zero-order valence-corrected chi connectivity index (χ0v) is 15.3. The fraction of sp³-hybridized carbons (Fsp3) is 0.533. The Kier molecular flexibility index (Phi) is 4.65. The topological polar surface area (TPSA) is 102 Å². The van der Waals surface area contributed by atoms with Crippen molar-refractivity contribution >= 4 is 21.6 Å². The molecule has 3 rings (SSSR count). The molecule has 3 heterocycles. The molecular formula is C15H22N6O3S. The molecule has 1 atom stereocenters. The van der Waals surface area contributed by atoms with Gasteiger partial charge >= 0.3 is 0 Å². The standard InChI is InChI=1S/C15H22N6O3S/c1-11-14(8-17-20(11)3)18-15(22)12-5-4-6-21(9-12)25(23,24)13-7-16-19(2)10-13/h7-8,10,12H,4-6,9H2,1-3H3,(H,18,22)/t12-/m0/s1. The second-order valence-corrected chi connectivity index (χ2v) is 8.25. The van der Waals surface area contributed by atoms with Crippen LogP contribution in [-0.4, -0.2) is 51.3 Å². The number of rotatable bonds is 4. The monoisotopic (exact) mass is 366 g/mol. The average molecular weight is 366 g/mol. The molecule has 0 bridgehead atoms. The van der Waals surface area contributed by atoms with Gasteiger partial charge < -0.3 is 5.32 Å². The van der Waals surface area contributed by atoms with Crippen molar-refractivity contribution in [3.05, 3.63) is 24.3 Å². The molecule has 0 spiro atoms. The lowest BCUT2D eigenvalue weighted by atomic mass is 9.99. The van der Waals surface area contributed by atoms with E-state index in [4.69, 9.17) is 0 Å². The van der Waals surface area contributed by atoms with Crippen LogP contribution in [0.3, 0.4) is 0 Å². The van der Waals surface area contributed by atoms with Crippen LogP contribution in [0.15, 0.2) is 23.5 Å². The van der Waals surface area contributed by atoms with Gasteiger partial charge in [-0.05, 0) is 19.8 Å². The quantitative estimate of drug-likeness (QED) is 0.849. The van der Waals surface area contributed by atoms with Gasteiger partial charge in [-0.15, -0.1) is 0 Å². The minimum absolute atomic E-state index is 0.152. The van der Waals surface area contributed by atoms with Gasteiger partial charge in [0, 0.05) is 33.4 Å². The Morgan fingerprint density at radius 2 is 2.04 bits per heavy atom. The minimum Gasteiger partial charge on any atom is -0.323 e. The van der Waals surface area contributed by atoms with Gasteiger partial charge in [-0.3, -0.25) is 14.2 Å². The first kappa shape index (κ1) is 17.6. The number of hydrogen-bond acceptors (Lipinski definition) is 5. The molecule has 1 saturated heterocycles. The van der Waals surface area contributed by atoms with E-state index in [-0.39, 0.29) is 23.3 Å². The molecule has 1 amide bonds. The van der Waals surface area contributed by atoms with Crippen molar-refractivity contribution in [2.75, 3.05) is 18.4 Å². The number of piperidine rings is 1. The normalized spacial score (nSPS) is 19.1. The summed E-state index contributed by atoms with van der Waals surface area (Å²) in [5.41, 5.74) is 1.50. The zero-order valence-electron chi connectivity index (χ0n) is 14.5. The van der Waals surface area contributed by atoms with E-state index in [1.165, 1.54) is 21.4 Å². The van der Waals surface area contributed by atoms with Gasteiger partial charge in [0.2, 0.25) is 15.9 Å². The van der Waals surface area contributed by atoms with Crippen LogP contribution < -0.4 is 5.32 Å². The van der Waals surface area contributed by atoms with Crippen LogP contribution in [0.2, 0.25) is 0 Å². The van der Waals surface area contributed by atoms with Gasteiger partial charge in [0.15, 0.2) is 0 Å². The third-order valence-corrected chi connectivity index (χ3v) is 6.39. The summed E-state index contributed by atoms with van der Waals surface area (Å²) in [4.78, 5) is 12.7. The van der Waals surface area contributed by atoms with Crippen LogP contribution in [0.25, 0.3) is 0 Å². The summed E-state index contributed by atoms with van der Waals surface area (Å²) in [5, 5.41) is 10.9. The summed E-state index contributed by atoms with van der Waals surface area (Å²) in [5.74, 6) is -0.568. The molecule has 0 aromatic carbocycles. The minimum atomic E-state index is -3.63. The molecule has 0 saturated carbocycles. The lowest BCUT2D eigenvalue weighted by molar-refractivity contribution is -0.120. The number of amides is 1. The number of carbonyl (C=O) groups is 1. The van der Waals surface area contributed by atoms with E-state index in [0.29, 0.717) is 25.1 Å². The summed E-state index contributed by atoms with van der Waals surface area (Å²) in [6.07, 6.45) is 5.70. The van der Waals surface area contributed by atoms with Gasteiger partial charge in [-0.2, -0.15) is 14.5 Å². The summed E-state index contributed by atoms with van der Waals surface area (Å²) < 4.78 is 29.9. The molecule has 1 aliphatic heterocycles. The van der Waals surface area contributed by atoms with Gasteiger partial charge in [0.05, 0.1) is 29.7 Å². The number of sulfonamides is 1. The van der Waals surface area contributed by atoms with Crippen molar-refractivity contribution in [3.8, 4) is 0 Å². The zero-order chi connectivity index (χ0) is 18.2. The van der Waals surface area contributed by atoms with Crippen LogP contribution >= 0.6 is 0 Å². The van der Waals surface area contributed by atoms with E-state index in [2.05, 4.69) is 15.5 Å². The highest BCUT2D eigenvalue weighted by Crippen LogP contribution is 2.25. The smallest absolute Gasteiger partial charge is 0.246 e. The fourth-order valence-corrected chi connectivity index (χ4v) is 4.42. The number of anilines is 1. The Morgan fingerprint density at radius 3 is 2.64 bits per heavy atom. The van der Waals surface area contributed by atoms with E-state index in [9.17, 15) is 13.2 Å². The van der Waals surface area contributed by atoms with Crippen molar-refractivity contribution < 1.29 is 13.2 Å². The third kappa shape index (κ3) is 3.45. The first-order valence-electron chi connectivity index (χ1n) is 8.07. The predicted molar refractivity (Wildman–Crippen MR) is 91.3 cm³/mol. The molecule has 9 nitrogen and oxygen atoms in total. The SMILES string of the molecule is Cc1c(NC(=O)[C@H]2CCCN(S(=O)(=O)c3cnn(C)c3)C2)cnn1C. The first-order chi connectivity index (χ1) is 11.8. The van der Waals surface area contributed by atoms with Crippen molar-refractivity contribution in [3.63, 3.8) is 0 Å². The van der Waals surface area contributed by atoms with Crippen LogP contribution in [-0.2, 0) is 28.9 Å². The van der Waals surface area contributed by atoms with Crippen LogP contribution in [0.1, 0.15) is 18.5 Å². The second-order valence-electron chi connectivity index (χ2n) is 6.31. The maximum atomic E-state index is 12.7. The highest BCUT2D eigenvalue weighted by Gasteiger charge is 2.34. The maximum absolute atomic E-state index is 12.7. The molecule has 1 aliphatic rings.